The van der Waals surface area contributed by atoms with E-state index in [-0.39, 0.29) is 5.69 Å². The summed E-state index contributed by atoms with van der Waals surface area (Å²) in [5.41, 5.74) is 2.13. The largest absolute Gasteiger partial charge is 0.500 e. The lowest BCUT2D eigenvalue weighted by atomic mass is 10.2. The molecule has 2 aromatic heterocycles. The Labute approximate surface area is 123 Å². The molecular weight excluding hydrogens is 322 g/mol. The lowest BCUT2D eigenvalue weighted by Crippen LogP contribution is -2.18. The Balaban J connectivity index is 2.38. The number of pyridine rings is 1. The van der Waals surface area contributed by atoms with Crippen molar-refractivity contribution in [1.29, 1.82) is 0 Å². The van der Waals surface area contributed by atoms with Gasteiger partial charge in [-0.05, 0) is 18.2 Å². The van der Waals surface area contributed by atoms with E-state index >= 15 is 0 Å². The minimum absolute atomic E-state index is 0.201. The van der Waals surface area contributed by atoms with Crippen molar-refractivity contribution < 1.29 is 4.74 Å². The molecule has 0 amide bonds. The molecule has 102 valence electrons. The summed E-state index contributed by atoms with van der Waals surface area (Å²) in [6.07, 6.45) is 1.67. The molecule has 0 bridgehead atoms. The molecule has 1 N–H and O–H groups in total. The maximum atomic E-state index is 12.1. The summed E-state index contributed by atoms with van der Waals surface area (Å²) in [6, 6.07) is 5.78. The first-order chi connectivity index (χ1) is 9.60. The summed E-state index contributed by atoms with van der Waals surface area (Å²) in [7, 11) is 1.54. The number of benzene rings is 1. The smallest absolute Gasteiger partial charge is 0.326 e. The second-order valence-corrected chi connectivity index (χ2v) is 5.36. The lowest BCUT2D eigenvalue weighted by molar-refractivity contribution is 0.272. The molecule has 1 aromatic carbocycles. The zero-order valence-corrected chi connectivity index (χ0v) is 12.4. The third-order valence-corrected chi connectivity index (χ3v) is 3.67. The molecule has 0 aliphatic carbocycles. The summed E-state index contributed by atoms with van der Waals surface area (Å²) >= 11 is 3.45. The maximum Gasteiger partial charge on any atom is 0.326 e. The van der Waals surface area contributed by atoms with Crippen LogP contribution in [0, 0.1) is 0 Å². The van der Waals surface area contributed by atoms with Gasteiger partial charge >= 0.3 is 5.69 Å². The molecule has 0 unspecified atom stereocenters. The molecule has 0 saturated carbocycles. The number of H-pyrrole nitrogens is 1. The Hall–Kier alpha value is -2.08. The van der Waals surface area contributed by atoms with Crippen molar-refractivity contribution in [1.82, 2.24) is 14.5 Å². The summed E-state index contributed by atoms with van der Waals surface area (Å²) in [5.74, 6) is 0.521. The molecule has 5 nitrogen and oxygen atoms in total. The number of halogens is 1. The van der Waals surface area contributed by atoms with Crippen LogP contribution in [0.5, 0.6) is 0 Å². The quantitative estimate of drug-likeness (QED) is 0.750. The van der Waals surface area contributed by atoms with Gasteiger partial charge in [-0.2, -0.15) is 0 Å². The summed E-state index contributed by atoms with van der Waals surface area (Å²) in [4.78, 5) is 19.2. The lowest BCUT2D eigenvalue weighted by Gasteiger charge is -2.07. The van der Waals surface area contributed by atoms with E-state index in [4.69, 9.17) is 4.74 Å². The first-order valence-corrected chi connectivity index (χ1v) is 6.78. The van der Waals surface area contributed by atoms with Crippen molar-refractivity contribution in [2.45, 2.75) is 6.54 Å². The van der Waals surface area contributed by atoms with E-state index in [0.717, 1.165) is 20.9 Å². The van der Waals surface area contributed by atoms with Crippen LogP contribution in [0.25, 0.3) is 21.9 Å². The highest BCUT2D eigenvalue weighted by Crippen LogP contribution is 2.25. The van der Waals surface area contributed by atoms with Gasteiger partial charge < -0.3 is 9.72 Å². The monoisotopic (exact) mass is 333 g/mol. The van der Waals surface area contributed by atoms with Crippen LogP contribution in [-0.4, -0.2) is 21.6 Å². The second-order valence-electron chi connectivity index (χ2n) is 4.44. The highest BCUT2D eigenvalue weighted by molar-refractivity contribution is 9.10. The van der Waals surface area contributed by atoms with Crippen LogP contribution >= 0.6 is 15.9 Å². The standard InChI is InChI=1S/C14H12BrN3O2/c1-8(20-2)7-18-13-10-5-9(15)3-4-11(10)16-6-12(13)17-14(18)19/h3-6H,1,7H2,2H3,(H,17,19). The van der Waals surface area contributed by atoms with E-state index in [2.05, 4.69) is 32.5 Å². The average Bonchev–Trinajstić information content (AvgIpc) is 2.75. The fourth-order valence-electron chi connectivity index (χ4n) is 2.21. The Morgan fingerprint density at radius 2 is 2.35 bits per heavy atom. The van der Waals surface area contributed by atoms with Crippen molar-refractivity contribution in [3.05, 3.63) is 51.7 Å². The van der Waals surface area contributed by atoms with Crippen molar-refractivity contribution in [2.75, 3.05) is 7.11 Å². The Kier molecular flexibility index (Phi) is 3.10. The predicted molar refractivity (Wildman–Crippen MR) is 81.7 cm³/mol. The van der Waals surface area contributed by atoms with Gasteiger partial charge in [-0.1, -0.05) is 22.5 Å². The van der Waals surface area contributed by atoms with Gasteiger partial charge in [0.2, 0.25) is 0 Å². The topological polar surface area (TPSA) is 59.9 Å². The third kappa shape index (κ3) is 2.02. The highest BCUT2D eigenvalue weighted by Gasteiger charge is 2.12. The molecule has 6 heteroatoms. The van der Waals surface area contributed by atoms with E-state index in [0.29, 0.717) is 17.8 Å². The summed E-state index contributed by atoms with van der Waals surface area (Å²) in [6.45, 7) is 4.08. The highest BCUT2D eigenvalue weighted by atomic mass is 79.9. The van der Waals surface area contributed by atoms with Gasteiger partial charge in [0, 0.05) is 9.86 Å². The van der Waals surface area contributed by atoms with E-state index in [1.165, 1.54) is 0 Å². The molecule has 2 heterocycles. The summed E-state index contributed by atoms with van der Waals surface area (Å²) in [5, 5.41) is 0.902. The third-order valence-electron chi connectivity index (χ3n) is 3.18. The molecule has 3 aromatic rings. The fourth-order valence-corrected chi connectivity index (χ4v) is 2.57. The van der Waals surface area contributed by atoms with Gasteiger partial charge in [0.15, 0.2) is 0 Å². The van der Waals surface area contributed by atoms with Crippen LogP contribution in [-0.2, 0) is 11.3 Å². The molecule has 0 aliphatic rings. The number of hydrogen-bond donors (Lipinski definition) is 1. The van der Waals surface area contributed by atoms with Crippen molar-refractivity contribution in [2.24, 2.45) is 0 Å². The van der Waals surface area contributed by atoms with E-state index in [1.807, 2.05) is 18.2 Å². The van der Waals surface area contributed by atoms with Crippen molar-refractivity contribution in [3.8, 4) is 0 Å². The second kappa shape index (κ2) is 4.79. The van der Waals surface area contributed by atoms with Crippen LogP contribution in [0.1, 0.15) is 0 Å². The minimum atomic E-state index is -0.201. The van der Waals surface area contributed by atoms with Crippen LogP contribution in [0.4, 0.5) is 0 Å². The minimum Gasteiger partial charge on any atom is -0.500 e. The molecule has 20 heavy (non-hydrogen) atoms. The number of nitrogens with one attached hydrogen (secondary N) is 1. The van der Waals surface area contributed by atoms with Crippen LogP contribution in [0.2, 0.25) is 0 Å². The van der Waals surface area contributed by atoms with Gasteiger partial charge in [0.25, 0.3) is 0 Å². The van der Waals surface area contributed by atoms with E-state index in [1.54, 1.807) is 17.9 Å². The number of aromatic amines is 1. The number of imidazole rings is 1. The van der Waals surface area contributed by atoms with E-state index in [9.17, 15) is 4.79 Å². The maximum absolute atomic E-state index is 12.1. The molecule has 0 fully saturated rings. The average molecular weight is 334 g/mol. The molecule has 0 atom stereocenters. The molecule has 3 rings (SSSR count). The number of rotatable bonds is 3. The summed E-state index contributed by atoms with van der Waals surface area (Å²) < 4.78 is 7.61. The molecule has 0 saturated heterocycles. The Bertz CT molecular complexity index is 879. The number of methoxy groups -OCH3 is 1. The number of aromatic nitrogens is 3. The SMILES string of the molecule is C=C(Cn1c(=O)[nH]c2cnc3ccc(Br)cc3c21)OC. The number of ether oxygens (including phenoxy) is 1. The van der Waals surface area contributed by atoms with Gasteiger partial charge in [0.05, 0.1) is 36.4 Å². The van der Waals surface area contributed by atoms with Crippen molar-refractivity contribution >= 4 is 37.9 Å². The fraction of sp³-hybridized carbons (Fsp3) is 0.143. The zero-order chi connectivity index (χ0) is 14.3. The van der Waals surface area contributed by atoms with Crippen LogP contribution < -0.4 is 5.69 Å². The van der Waals surface area contributed by atoms with Gasteiger partial charge in [-0.3, -0.25) is 9.55 Å². The van der Waals surface area contributed by atoms with Crippen LogP contribution in [0.3, 0.4) is 0 Å². The van der Waals surface area contributed by atoms with Gasteiger partial charge in [-0.25, -0.2) is 4.79 Å². The number of hydrogen-bond acceptors (Lipinski definition) is 3. The molecule has 0 radical (unpaired) electrons. The number of fused-ring (bicyclic) bond motifs is 3. The van der Waals surface area contributed by atoms with Crippen molar-refractivity contribution in [3.63, 3.8) is 0 Å². The Morgan fingerprint density at radius 1 is 1.55 bits per heavy atom. The number of allylic oxidation sites excluding steroid dienone is 1. The van der Waals surface area contributed by atoms with Gasteiger partial charge in [0.1, 0.15) is 5.76 Å². The van der Waals surface area contributed by atoms with E-state index < -0.39 is 0 Å². The predicted octanol–water partition coefficient (Wildman–Crippen LogP) is 2.80. The first kappa shape index (κ1) is 12.9. The zero-order valence-electron chi connectivity index (χ0n) is 10.8. The normalized spacial score (nSPS) is 11.1. The number of nitrogens with zero attached hydrogens (tertiary/aromatic N) is 2. The molecule has 0 spiro atoms. The first-order valence-electron chi connectivity index (χ1n) is 5.98. The van der Waals surface area contributed by atoms with Gasteiger partial charge in [-0.15, -0.1) is 0 Å². The molecular formula is C14H12BrN3O2. The Morgan fingerprint density at radius 3 is 3.10 bits per heavy atom. The van der Waals surface area contributed by atoms with Crippen LogP contribution in [0.15, 0.2) is 46.0 Å². The molecule has 0 aliphatic heterocycles.